The number of methoxy groups -OCH3 is 1. The first-order chi connectivity index (χ1) is 9.70. The molecule has 0 spiro atoms. The third kappa shape index (κ3) is 4.00. The Kier molecular flexibility index (Phi) is 5.47. The van der Waals surface area contributed by atoms with E-state index in [0.29, 0.717) is 0 Å². The molecule has 1 aromatic rings. The Hall–Kier alpha value is -1.49. The molecule has 0 atom stereocenters. The van der Waals surface area contributed by atoms with E-state index in [9.17, 15) is 9.90 Å². The summed E-state index contributed by atoms with van der Waals surface area (Å²) in [6, 6.07) is 7.76. The van der Waals surface area contributed by atoms with Crippen molar-refractivity contribution >= 4 is 22.8 Å². The van der Waals surface area contributed by atoms with Crippen molar-refractivity contribution in [2.75, 3.05) is 26.0 Å². The maximum absolute atomic E-state index is 10.7. The summed E-state index contributed by atoms with van der Waals surface area (Å²) in [6.07, 6.45) is 3.56. The lowest BCUT2D eigenvalue weighted by Crippen LogP contribution is -2.29. The molecule has 0 bridgehead atoms. The number of hydrogen-bond donors (Lipinski definition) is 0. The first-order valence-corrected chi connectivity index (χ1v) is 7.78. The zero-order valence-electron chi connectivity index (χ0n) is 11.6. The Labute approximate surface area is 123 Å². The highest BCUT2D eigenvalue weighted by Crippen LogP contribution is 2.19. The van der Waals surface area contributed by atoms with Crippen LogP contribution in [0.1, 0.15) is 24.8 Å². The summed E-state index contributed by atoms with van der Waals surface area (Å²) in [5, 5.41) is 11.8. The van der Waals surface area contributed by atoms with Gasteiger partial charge in [0.15, 0.2) is 0 Å². The fourth-order valence-electron chi connectivity index (χ4n) is 2.32. The summed E-state index contributed by atoms with van der Waals surface area (Å²) in [4.78, 5) is 10.7. The number of carbonyl (C=O) groups is 1. The van der Waals surface area contributed by atoms with Gasteiger partial charge in [0, 0.05) is 18.6 Å². The smallest absolute Gasteiger partial charge is 0.242 e. The summed E-state index contributed by atoms with van der Waals surface area (Å²) in [7, 11) is 1.63. The van der Waals surface area contributed by atoms with Crippen LogP contribution in [-0.2, 0) is 4.79 Å². The quantitative estimate of drug-likeness (QED) is 0.617. The molecule has 1 saturated heterocycles. The van der Waals surface area contributed by atoms with Gasteiger partial charge in [-0.2, -0.15) is 0 Å². The molecule has 1 aliphatic heterocycles. The van der Waals surface area contributed by atoms with Gasteiger partial charge in [-0.25, -0.2) is 4.58 Å². The Morgan fingerprint density at radius 2 is 1.90 bits per heavy atom. The number of benzene rings is 1. The number of carboxylic acid groups (broad SMARTS) is 1. The van der Waals surface area contributed by atoms with E-state index in [0.717, 1.165) is 42.3 Å². The minimum Gasteiger partial charge on any atom is -0.549 e. The molecule has 1 heterocycles. The lowest BCUT2D eigenvalue weighted by atomic mass is 10.1. The molecule has 0 N–H and O–H groups in total. The molecule has 0 amide bonds. The van der Waals surface area contributed by atoms with E-state index in [1.165, 1.54) is 18.2 Å². The van der Waals surface area contributed by atoms with Crippen molar-refractivity contribution in [1.29, 1.82) is 0 Å². The molecule has 2 rings (SSSR count). The van der Waals surface area contributed by atoms with E-state index >= 15 is 0 Å². The second-order valence-electron chi connectivity index (χ2n) is 4.74. The average molecular weight is 293 g/mol. The second-order valence-corrected chi connectivity index (χ2v) is 5.71. The van der Waals surface area contributed by atoms with Crippen LogP contribution in [-0.4, -0.2) is 41.5 Å². The standard InChI is InChI=1S/C15H19NO3S/c1-19-13-7-5-12(6-8-13)15(20-11-14(17)18)16-9-3-2-4-10-16/h5-8H,2-4,9-11H2,1H3. The molecule has 1 aromatic carbocycles. The lowest BCUT2D eigenvalue weighted by molar-refractivity contribution is -0.534. The molecule has 0 aromatic heterocycles. The van der Waals surface area contributed by atoms with Crippen LogP contribution in [0.15, 0.2) is 24.3 Å². The molecule has 108 valence electrons. The van der Waals surface area contributed by atoms with Gasteiger partial charge in [0.1, 0.15) is 18.8 Å². The molecule has 5 heteroatoms. The summed E-state index contributed by atoms with van der Waals surface area (Å²) in [6.45, 7) is 1.98. The number of rotatable bonds is 4. The minimum atomic E-state index is -1.03. The average Bonchev–Trinajstić information content (AvgIpc) is 2.49. The van der Waals surface area contributed by atoms with E-state index in [1.807, 2.05) is 24.3 Å². The zero-order valence-corrected chi connectivity index (χ0v) is 12.4. The third-order valence-corrected chi connectivity index (χ3v) is 4.45. The van der Waals surface area contributed by atoms with Crippen molar-refractivity contribution in [2.24, 2.45) is 0 Å². The van der Waals surface area contributed by atoms with Gasteiger partial charge in [0.05, 0.1) is 18.6 Å². The highest BCUT2D eigenvalue weighted by atomic mass is 32.2. The normalized spacial score (nSPS) is 14.9. The van der Waals surface area contributed by atoms with Gasteiger partial charge < -0.3 is 14.6 Å². The maximum Gasteiger partial charge on any atom is 0.242 e. The number of carboxylic acids is 1. The molecule has 1 fully saturated rings. The number of aliphatic carboxylic acids is 1. The molecule has 4 nitrogen and oxygen atoms in total. The van der Waals surface area contributed by atoms with Crippen molar-refractivity contribution in [1.82, 2.24) is 0 Å². The van der Waals surface area contributed by atoms with Gasteiger partial charge in [0.25, 0.3) is 0 Å². The SMILES string of the molecule is COc1ccc(C(SCC(=O)[O-])=[N+]2CCCCC2)cc1. The lowest BCUT2D eigenvalue weighted by Gasteiger charge is -2.14. The van der Waals surface area contributed by atoms with Crippen molar-refractivity contribution in [3.05, 3.63) is 29.8 Å². The van der Waals surface area contributed by atoms with Gasteiger partial charge in [-0.1, -0.05) is 11.8 Å². The predicted molar refractivity (Wildman–Crippen MR) is 78.4 cm³/mol. The van der Waals surface area contributed by atoms with Gasteiger partial charge >= 0.3 is 0 Å². The monoisotopic (exact) mass is 293 g/mol. The molecule has 0 radical (unpaired) electrons. The topological polar surface area (TPSA) is 52.4 Å². The highest BCUT2D eigenvalue weighted by Gasteiger charge is 2.20. The Balaban J connectivity index is 2.26. The summed E-state index contributed by atoms with van der Waals surface area (Å²) >= 11 is 1.34. The first-order valence-electron chi connectivity index (χ1n) is 6.79. The summed E-state index contributed by atoms with van der Waals surface area (Å²) in [5.74, 6) is -0.243. The molecule has 0 saturated carbocycles. The Morgan fingerprint density at radius 1 is 1.25 bits per heavy atom. The molecular weight excluding hydrogens is 274 g/mol. The highest BCUT2D eigenvalue weighted by molar-refractivity contribution is 8.14. The maximum atomic E-state index is 10.7. The zero-order chi connectivity index (χ0) is 14.4. The molecule has 1 aliphatic rings. The van der Waals surface area contributed by atoms with Crippen molar-refractivity contribution < 1.29 is 19.2 Å². The fourth-order valence-corrected chi connectivity index (χ4v) is 3.24. The number of carbonyl (C=O) groups excluding carboxylic acids is 1. The van der Waals surface area contributed by atoms with Gasteiger partial charge in [-0.15, -0.1) is 0 Å². The molecule has 20 heavy (non-hydrogen) atoms. The van der Waals surface area contributed by atoms with E-state index in [-0.39, 0.29) is 5.75 Å². The van der Waals surface area contributed by atoms with Gasteiger partial charge in [-0.3, -0.25) is 0 Å². The van der Waals surface area contributed by atoms with Crippen LogP contribution in [0.4, 0.5) is 0 Å². The Morgan fingerprint density at radius 3 is 2.45 bits per heavy atom. The van der Waals surface area contributed by atoms with E-state index in [1.54, 1.807) is 7.11 Å². The minimum absolute atomic E-state index is 0.0160. The Bertz CT molecular complexity index is 488. The van der Waals surface area contributed by atoms with Crippen LogP contribution in [0.3, 0.4) is 0 Å². The van der Waals surface area contributed by atoms with Gasteiger partial charge in [0.2, 0.25) is 5.04 Å². The number of nitrogens with zero attached hydrogens (tertiary/aromatic N) is 1. The summed E-state index contributed by atoms with van der Waals surface area (Å²) < 4.78 is 7.44. The van der Waals surface area contributed by atoms with E-state index < -0.39 is 5.97 Å². The third-order valence-electron chi connectivity index (χ3n) is 3.31. The van der Waals surface area contributed by atoms with Gasteiger partial charge in [-0.05, 0) is 30.7 Å². The second kappa shape index (κ2) is 7.33. The number of piperidine rings is 1. The van der Waals surface area contributed by atoms with Crippen LogP contribution in [0.25, 0.3) is 0 Å². The van der Waals surface area contributed by atoms with Crippen molar-refractivity contribution in [3.63, 3.8) is 0 Å². The van der Waals surface area contributed by atoms with Crippen LogP contribution in [0.5, 0.6) is 5.75 Å². The van der Waals surface area contributed by atoms with Crippen LogP contribution in [0, 0.1) is 0 Å². The van der Waals surface area contributed by atoms with Crippen molar-refractivity contribution in [2.45, 2.75) is 19.3 Å². The van der Waals surface area contributed by atoms with Crippen LogP contribution in [0.2, 0.25) is 0 Å². The number of hydrogen-bond acceptors (Lipinski definition) is 4. The van der Waals surface area contributed by atoms with E-state index in [2.05, 4.69) is 4.58 Å². The fraction of sp³-hybridized carbons (Fsp3) is 0.467. The predicted octanol–water partition coefficient (Wildman–Crippen LogP) is 1.12. The number of thioether (sulfide) groups is 1. The van der Waals surface area contributed by atoms with Crippen LogP contribution >= 0.6 is 11.8 Å². The first kappa shape index (κ1) is 14.9. The molecule has 0 aliphatic carbocycles. The largest absolute Gasteiger partial charge is 0.549 e. The number of ether oxygens (including phenoxy) is 1. The van der Waals surface area contributed by atoms with E-state index in [4.69, 9.17) is 4.74 Å². The molecule has 0 unspecified atom stereocenters. The van der Waals surface area contributed by atoms with Crippen molar-refractivity contribution in [3.8, 4) is 5.75 Å². The molecular formula is C15H19NO3S. The van der Waals surface area contributed by atoms with Crippen LogP contribution < -0.4 is 9.84 Å². The summed E-state index contributed by atoms with van der Waals surface area (Å²) in [5.41, 5.74) is 1.04.